The average molecular weight is 404 g/mol. The predicted molar refractivity (Wildman–Crippen MR) is 112 cm³/mol. The number of nitrogens with zero attached hydrogens (tertiary/aromatic N) is 2. The molecule has 2 rings (SSSR count). The molecule has 0 aliphatic carbocycles. The van der Waals surface area contributed by atoms with Crippen LogP contribution >= 0.6 is 11.3 Å². The Morgan fingerprint density at radius 3 is 2.39 bits per heavy atom. The third-order valence-electron chi connectivity index (χ3n) is 3.99. The van der Waals surface area contributed by atoms with Crippen LogP contribution in [0.2, 0.25) is 0 Å². The maximum atomic E-state index is 13.0. The van der Waals surface area contributed by atoms with Crippen molar-refractivity contribution in [2.75, 3.05) is 20.2 Å². The highest BCUT2D eigenvalue weighted by molar-refractivity contribution is 7.09. The SMILES string of the molecule is COc1ccc(C(=O)N(Cc2nc(C(=O)NCC(C)C)cs2)CC(C)C)cc1. The Hall–Kier alpha value is -2.41. The summed E-state index contributed by atoms with van der Waals surface area (Å²) in [5.74, 6) is 1.18. The molecule has 0 unspecified atom stereocenters. The Balaban J connectivity index is 2.11. The minimum atomic E-state index is -0.173. The second-order valence-electron chi connectivity index (χ2n) is 7.54. The molecule has 0 aliphatic rings. The van der Waals surface area contributed by atoms with Crippen molar-refractivity contribution >= 4 is 23.2 Å². The largest absolute Gasteiger partial charge is 0.497 e. The van der Waals surface area contributed by atoms with E-state index in [1.165, 1.54) is 11.3 Å². The minimum absolute atomic E-state index is 0.0580. The molecule has 28 heavy (non-hydrogen) atoms. The van der Waals surface area contributed by atoms with E-state index in [0.29, 0.717) is 48.5 Å². The molecule has 2 aromatic rings. The summed E-state index contributed by atoms with van der Waals surface area (Å²) in [6.45, 7) is 9.83. The fourth-order valence-corrected chi connectivity index (χ4v) is 3.40. The van der Waals surface area contributed by atoms with Crippen molar-refractivity contribution in [2.45, 2.75) is 34.2 Å². The highest BCUT2D eigenvalue weighted by Crippen LogP contribution is 2.18. The third-order valence-corrected chi connectivity index (χ3v) is 4.82. The molecule has 0 radical (unpaired) electrons. The topological polar surface area (TPSA) is 71.5 Å². The van der Waals surface area contributed by atoms with Gasteiger partial charge in [-0.05, 0) is 36.1 Å². The molecule has 152 valence electrons. The molecule has 6 nitrogen and oxygen atoms in total. The highest BCUT2D eigenvalue weighted by Gasteiger charge is 2.20. The van der Waals surface area contributed by atoms with Gasteiger partial charge in [-0.2, -0.15) is 0 Å². The molecule has 1 heterocycles. The van der Waals surface area contributed by atoms with Crippen molar-refractivity contribution in [3.05, 3.63) is 45.9 Å². The van der Waals surface area contributed by atoms with E-state index in [4.69, 9.17) is 4.74 Å². The number of carbonyl (C=O) groups is 2. The molecule has 0 saturated heterocycles. The first-order valence-electron chi connectivity index (χ1n) is 9.46. The number of nitrogens with one attached hydrogen (secondary N) is 1. The molecule has 2 amide bonds. The Kier molecular flexibility index (Phi) is 7.99. The van der Waals surface area contributed by atoms with E-state index in [-0.39, 0.29) is 11.8 Å². The van der Waals surface area contributed by atoms with Gasteiger partial charge in [-0.15, -0.1) is 11.3 Å². The van der Waals surface area contributed by atoms with E-state index in [9.17, 15) is 9.59 Å². The molecule has 1 aromatic heterocycles. The van der Waals surface area contributed by atoms with Crippen molar-refractivity contribution < 1.29 is 14.3 Å². The molecular formula is C21H29N3O3S. The quantitative estimate of drug-likeness (QED) is 0.691. The molecule has 0 spiro atoms. The second-order valence-corrected chi connectivity index (χ2v) is 8.48. The summed E-state index contributed by atoms with van der Waals surface area (Å²) >= 11 is 1.40. The van der Waals surface area contributed by atoms with E-state index in [2.05, 4.69) is 24.1 Å². The zero-order chi connectivity index (χ0) is 20.7. The number of hydrogen-bond acceptors (Lipinski definition) is 5. The molecule has 0 saturated carbocycles. The van der Waals surface area contributed by atoms with Crippen molar-refractivity contribution in [1.82, 2.24) is 15.2 Å². The van der Waals surface area contributed by atoms with Crippen LogP contribution in [0.4, 0.5) is 0 Å². The number of thiazole rings is 1. The number of benzene rings is 1. The van der Waals surface area contributed by atoms with Gasteiger partial charge in [-0.1, -0.05) is 27.7 Å². The number of aromatic nitrogens is 1. The van der Waals surface area contributed by atoms with Gasteiger partial charge in [0.15, 0.2) is 0 Å². The van der Waals surface area contributed by atoms with Crippen molar-refractivity contribution in [3.8, 4) is 5.75 Å². The summed E-state index contributed by atoms with van der Waals surface area (Å²) < 4.78 is 5.16. The molecule has 0 atom stereocenters. The first kappa shape index (κ1) is 21.9. The first-order valence-corrected chi connectivity index (χ1v) is 10.3. The Morgan fingerprint density at radius 2 is 1.82 bits per heavy atom. The van der Waals surface area contributed by atoms with Gasteiger partial charge in [-0.25, -0.2) is 4.98 Å². The number of ether oxygens (including phenoxy) is 1. The van der Waals surface area contributed by atoms with Gasteiger partial charge in [0.2, 0.25) is 0 Å². The van der Waals surface area contributed by atoms with Crippen LogP contribution in [-0.4, -0.2) is 41.9 Å². The van der Waals surface area contributed by atoms with Gasteiger partial charge in [0.25, 0.3) is 11.8 Å². The van der Waals surface area contributed by atoms with Gasteiger partial charge in [0.05, 0.1) is 13.7 Å². The van der Waals surface area contributed by atoms with Crippen LogP contribution < -0.4 is 10.1 Å². The average Bonchev–Trinajstić information content (AvgIpc) is 3.13. The molecule has 0 fully saturated rings. The number of amides is 2. The summed E-state index contributed by atoms with van der Waals surface area (Å²) in [7, 11) is 1.60. The number of carbonyl (C=O) groups excluding carboxylic acids is 2. The maximum absolute atomic E-state index is 13.0. The van der Waals surface area contributed by atoms with Crippen LogP contribution in [0.25, 0.3) is 0 Å². The van der Waals surface area contributed by atoms with Crippen LogP contribution in [0, 0.1) is 11.8 Å². The molecule has 1 N–H and O–H groups in total. The highest BCUT2D eigenvalue weighted by atomic mass is 32.1. The van der Waals surface area contributed by atoms with Gasteiger partial charge in [0.1, 0.15) is 16.5 Å². The third kappa shape index (κ3) is 6.34. The molecule has 0 aliphatic heterocycles. The fourth-order valence-electron chi connectivity index (χ4n) is 2.61. The first-order chi connectivity index (χ1) is 13.3. The zero-order valence-electron chi connectivity index (χ0n) is 17.2. The smallest absolute Gasteiger partial charge is 0.270 e. The number of methoxy groups -OCH3 is 1. The van der Waals surface area contributed by atoms with Gasteiger partial charge >= 0.3 is 0 Å². The lowest BCUT2D eigenvalue weighted by atomic mass is 10.1. The predicted octanol–water partition coefficient (Wildman–Crippen LogP) is 3.84. The zero-order valence-corrected chi connectivity index (χ0v) is 18.0. The Morgan fingerprint density at radius 1 is 1.14 bits per heavy atom. The van der Waals surface area contributed by atoms with Crippen LogP contribution in [0.5, 0.6) is 5.75 Å². The Labute approximate surface area is 170 Å². The van der Waals surface area contributed by atoms with Crippen LogP contribution in [0.3, 0.4) is 0 Å². The van der Waals surface area contributed by atoms with Gasteiger partial charge < -0.3 is 15.0 Å². The molecule has 1 aromatic carbocycles. The van der Waals surface area contributed by atoms with Crippen molar-refractivity contribution in [2.24, 2.45) is 11.8 Å². The summed E-state index contributed by atoms with van der Waals surface area (Å²) in [6.07, 6.45) is 0. The monoisotopic (exact) mass is 403 g/mol. The minimum Gasteiger partial charge on any atom is -0.497 e. The molecule has 7 heteroatoms. The summed E-state index contributed by atoms with van der Waals surface area (Å²) in [4.78, 5) is 31.4. The Bertz CT molecular complexity index is 784. The molecular weight excluding hydrogens is 374 g/mol. The van der Waals surface area contributed by atoms with Gasteiger partial charge in [-0.3, -0.25) is 9.59 Å². The molecule has 0 bridgehead atoms. The van der Waals surface area contributed by atoms with Crippen molar-refractivity contribution in [3.63, 3.8) is 0 Å². The lowest BCUT2D eigenvalue weighted by molar-refractivity contribution is 0.0722. The van der Waals surface area contributed by atoms with E-state index < -0.39 is 0 Å². The summed E-state index contributed by atoms with van der Waals surface area (Å²) in [6, 6.07) is 7.09. The van der Waals surface area contributed by atoms with Crippen molar-refractivity contribution in [1.29, 1.82) is 0 Å². The second kappa shape index (κ2) is 10.2. The van der Waals surface area contributed by atoms with E-state index in [1.54, 1.807) is 41.7 Å². The fraction of sp³-hybridized carbons (Fsp3) is 0.476. The summed E-state index contributed by atoms with van der Waals surface area (Å²) in [5.41, 5.74) is 1.01. The number of hydrogen-bond donors (Lipinski definition) is 1. The maximum Gasteiger partial charge on any atom is 0.270 e. The normalized spacial score (nSPS) is 11.0. The van der Waals surface area contributed by atoms with Crippen LogP contribution in [0.1, 0.15) is 53.5 Å². The van der Waals surface area contributed by atoms with E-state index >= 15 is 0 Å². The standard InChI is InChI=1S/C21H29N3O3S/c1-14(2)10-22-20(25)18-13-28-19(23-18)12-24(11-15(3)4)21(26)16-6-8-17(27-5)9-7-16/h6-9,13-15H,10-12H2,1-5H3,(H,22,25). The number of rotatable bonds is 9. The van der Waals surface area contributed by atoms with Crippen LogP contribution in [0.15, 0.2) is 29.6 Å². The van der Waals surface area contributed by atoms with E-state index in [1.807, 2.05) is 13.8 Å². The lowest BCUT2D eigenvalue weighted by Gasteiger charge is -2.24. The summed E-state index contributed by atoms with van der Waals surface area (Å²) in [5, 5.41) is 5.36. The van der Waals surface area contributed by atoms with Gasteiger partial charge in [0, 0.05) is 24.0 Å². The van der Waals surface area contributed by atoms with E-state index in [0.717, 1.165) is 5.01 Å². The van der Waals surface area contributed by atoms with Crippen LogP contribution in [-0.2, 0) is 6.54 Å². The lowest BCUT2D eigenvalue weighted by Crippen LogP contribution is -2.33.